The van der Waals surface area contributed by atoms with Gasteiger partial charge in [-0.25, -0.2) is 0 Å². The molecule has 1 rings (SSSR count). The van der Waals surface area contributed by atoms with Crippen molar-refractivity contribution in [3.05, 3.63) is 21.9 Å². The average molecular weight is 182 g/mol. The Morgan fingerprint density at radius 2 is 2.50 bits per heavy atom. The number of aliphatic hydroxyl groups excluding tert-OH is 1. The van der Waals surface area contributed by atoms with Gasteiger partial charge in [0, 0.05) is 10.3 Å². The molecule has 1 aromatic heterocycles. The molecule has 1 heterocycles. The van der Waals surface area contributed by atoms with E-state index in [0.717, 1.165) is 4.88 Å². The molecule has 0 spiro atoms. The van der Waals surface area contributed by atoms with E-state index in [9.17, 15) is 5.11 Å². The highest BCUT2D eigenvalue weighted by molar-refractivity contribution is 7.10. The lowest BCUT2D eigenvalue weighted by Gasteiger charge is -2.04. The first kappa shape index (κ1) is 9.20. The average Bonchev–Trinajstić information content (AvgIpc) is 2.52. The van der Waals surface area contributed by atoms with Gasteiger partial charge in [0.25, 0.3) is 0 Å². The fraction of sp³-hybridized carbons (Fsp3) is 0.375. The van der Waals surface area contributed by atoms with Crippen molar-refractivity contribution in [3.8, 4) is 6.07 Å². The molecule has 0 aliphatic carbocycles. The quantitative estimate of drug-likeness (QED) is 0.732. The molecule has 0 radical (unpaired) electrons. The predicted octanol–water partition coefficient (Wildman–Crippen LogP) is 1.00. The van der Waals surface area contributed by atoms with Crippen LogP contribution in [0.4, 0.5) is 0 Å². The van der Waals surface area contributed by atoms with Gasteiger partial charge in [-0.2, -0.15) is 5.26 Å². The predicted molar refractivity (Wildman–Crippen MR) is 47.7 cm³/mol. The third kappa shape index (κ3) is 2.05. The summed E-state index contributed by atoms with van der Waals surface area (Å²) in [6.07, 6.45) is 0.0351. The van der Waals surface area contributed by atoms with Crippen molar-refractivity contribution in [2.75, 3.05) is 6.54 Å². The summed E-state index contributed by atoms with van der Waals surface area (Å²) < 4.78 is 0. The van der Waals surface area contributed by atoms with Gasteiger partial charge in [0.15, 0.2) is 0 Å². The van der Waals surface area contributed by atoms with E-state index in [4.69, 9.17) is 11.0 Å². The summed E-state index contributed by atoms with van der Waals surface area (Å²) >= 11 is 1.39. The fourth-order valence-electron chi connectivity index (χ4n) is 0.886. The van der Waals surface area contributed by atoms with Crippen molar-refractivity contribution in [2.45, 2.75) is 12.5 Å². The minimum atomic E-state index is -0.512. The molecule has 3 N–H and O–H groups in total. The van der Waals surface area contributed by atoms with Crippen LogP contribution in [0.2, 0.25) is 0 Å². The van der Waals surface area contributed by atoms with Crippen LogP contribution in [0.1, 0.15) is 23.0 Å². The van der Waals surface area contributed by atoms with Crippen molar-refractivity contribution in [1.29, 1.82) is 5.26 Å². The normalized spacial score (nSPS) is 12.4. The van der Waals surface area contributed by atoms with E-state index in [1.165, 1.54) is 11.3 Å². The first-order chi connectivity index (χ1) is 5.77. The standard InChI is InChI=1S/C8H10N2OS/c9-2-1-7(11)8-3-6(4-10)5-12-8/h3,5,7,11H,1-2,9H2. The van der Waals surface area contributed by atoms with Gasteiger partial charge in [-0.15, -0.1) is 11.3 Å². The van der Waals surface area contributed by atoms with E-state index in [1.807, 2.05) is 6.07 Å². The van der Waals surface area contributed by atoms with Crippen LogP contribution in [-0.4, -0.2) is 11.7 Å². The fourth-order valence-corrected chi connectivity index (χ4v) is 1.74. The first-order valence-electron chi connectivity index (χ1n) is 3.64. The van der Waals surface area contributed by atoms with Crippen LogP contribution in [0, 0.1) is 11.3 Å². The van der Waals surface area contributed by atoms with E-state index in [-0.39, 0.29) is 0 Å². The molecule has 1 unspecified atom stereocenters. The van der Waals surface area contributed by atoms with Gasteiger partial charge in [0.05, 0.1) is 11.7 Å². The van der Waals surface area contributed by atoms with Crippen molar-refractivity contribution in [3.63, 3.8) is 0 Å². The van der Waals surface area contributed by atoms with Gasteiger partial charge >= 0.3 is 0 Å². The van der Waals surface area contributed by atoms with Crippen LogP contribution in [0.3, 0.4) is 0 Å². The molecule has 3 nitrogen and oxygen atoms in total. The van der Waals surface area contributed by atoms with E-state index >= 15 is 0 Å². The second-order valence-electron chi connectivity index (χ2n) is 2.44. The van der Waals surface area contributed by atoms with Gasteiger partial charge in [-0.05, 0) is 19.0 Å². The zero-order chi connectivity index (χ0) is 8.97. The summed E-state index contributed by atoms with van der Waals surface area (Å²) in [5.74, 6) is 0. The summed E-state index contributed by atoms with van der Waals surface area (Å²) in [5.41, 5.74) is 5.89. The minimum Gasteiger partial charge on any atom is -0.388 e. The minimum absolute atomic E-state index is 0.459. The van der Waals surface area contributed by atoms with Gasteiger partial charge in [0.2, 0.25) is 0 Å². The van der Waals surface area contributed by atoms with Gasteiger partial charge in [0.1, 0.15) is 6.07 Å². The Kier molecular flexibility index (Phi) is 3.23. The second kappa shape index (κ2) is 4.21. The number of thiophene rings is 1. The number of rotatable bonds is 3. The second-order valence-corrected chi connectivity index (χ2v) is 3.39. The monoisotopic (exact) mass is 182 g/mol. The Hall–Kier alpha value is -0.890. The Bertz CT molecular complexity index is 289. The van der Waals surface area contributed by atoms with E-state index in [2.05, 4.69) is 0 Å². The van der Waals surface area contributed by atoms with Crippen molar-refractivity contribution in [2.24, 2.45) is 5.73 Å². The Morgan fingerprint density at radius 1 is 1.75 bits per heavy atom. The molecule has 0 saturated carbocycles. The number of nitrogens with zero attached hydrogens (tertiary/aromatic N) is 1. The van der Waals surface area contributed by atoms with Crippen LogP contribution >= 0.6 is 11.3 Å². The third-order valence-electron chi connectivity index (χ3n) is 1.52. The number of aliphatic hydroxyl groups is 1. The molecule has 0 aliphatic rings. The lowest BCUT2D eigenvalue weighted by molar-refractivity contribution is 0.174. The lowest BCUT2D eigenvalue weighted by Crippen LogP contribution is -2.05. The zero-order valence-electron chi connectivity index (χ0n) is 6.53. The molecule has 64 valence electrons. The van der Waals surface area contributed by atoms with Gasteiger partial charge < -0.3 is 10.8 Å². The molecule has 0 saturated heterocycles. The Balaban J connectivity index is 2.69. The maximum Gasteiger partial charge on any atom is 0.100 e. The molecule has 0 amide bonds. The van der Waals surface area contributed by atoms with Crippen LogP contribution in [0.15, 0.2) is 11.4 Å². The topological polar surface area (TPSA) is 70.0 Å². The summed E-state index contributed by atoms with van der Waals surface area (Å²) in [6.45, 7) is 0.459. The number of hydrogen-bond acceptors (Lipinski definition) is 4. The first-order valence-corrected chi connectivity index (χ1v) is 4.52. The molecule has 1 aromatic rings. The van der Waals surface area contributed by atoms with Crippen molar-refractivity contribution < 1.29 is 5.11 Å². The van der Waals surface area contributed by atoms with Crippen molar-refractivity contribution in [1.82, 2.24) is 0 Å². The number of nitrogens with two attached hydrogens (primary N) is 1. The Morgan fingerprint density at radius 3 is 3.00 bits per heavy atom. The van der Waals surface area contributed by atoms with E-state index in [1.54, 1.807) is 11.4 Å². The van der Waals surface area contributed by atoms with Crippen molar-refractivity contribution >= 4 is 11.3 Å². The van der Waals surface area contributed by atoms with Crippen LogP contribution in [0.25, 0.3) is 0 Å². The molecule has 0 aliphatic heterocycles. The van der Waals surface area contributed by atoms with E-state index in [0.29, 0.717) is 18.5 Å². The molecular formula is C8H10N2OS. The summed E-state index contributed by atoms with van der Waals surface area (Å²) in [4.78, 5) is 0.817. The highest BCUT2D eigenvalue weighted by Crippen LogP contribution is 2.23. The van der Waals surface area contributed by atoms with Gasteiger partial charge in [-0.3, -0.25) is 0 Å². The highest BCUT2D eigenvalue weighted by Gasteiger charge is 2.08. The summed E-state index contributed by atoms with van der Waals surface area (Å²) in [7, 11) is 0. The number of hydrogen-bond donors (Lipinski definition) is 2. The summed E-state index contributed by atoms with van der Waals surface area (Å²) in [5, 5.41) is 19.7. The molecule has 12 heavy (non-hydrogen) atoms. The molecule has 0 bridgehead atoms. The van der Waals surface area contributed by atoms with Crippen LogP contribution < -0.4 is 5.73 Å². The maximum atomic E-state index is 9.45. The zero-order valence-corrected chi connectivity index (χ0v) is 7.34. The molecule has 0 fully saturated rings. The SMILES string of the molecule is N#Cc1csc(C(O)CCN)c1. The largest absolute Gasteiger partial charge is 0.388 e. The van der Waals surface area contributed by atoms with Crippen LogP contribution in [-0.2, 0) is 0 Å². The highest BCUT2D eigenvalue weighted by atomic mass is 32.1. The van der Waals surface area contributed by atoms with E-state index < -0.39 is 6.10 Å². The summed E-state index contributed by atoms with van der Waals surface area (Å²) in [6, 6.07) is 3.71. The number of nitriles is 1. The molecule has 0 aromatic carbocycles. The lowest BCUT2D eigenvalue weighted by atomic mass is 10.2. The maximum absolute atomic E-state index is 9.45. The molecule has 4 heteroatoms. The Labute approximate surface area is 75.1 Å². The van der Waals surface area contributed by atoms with Crippen LogP contribution in [0.5, 0.6) is 0 Å². The molecular weight excluding hydrogens is 172 g/mol. The smallest absolute Gasteiger partial charge is 0.100 e. The third-order valence-corrected chi connectivity index (χ3v) is 2.55. The van der Waals surface area contributed by atoms with Gasteiger partial charge in [-0.1, -0.05) is 0 Å². The molecule has 1 atom stereocenters.